The summed E-state index contributed by atoms with van der Waals surface area (Å²) in [6, 6.07) is 0. The highest BCUT2D eigenvalue weighted by atomic mass is 16.5. The Hall–Kier alpha value is -0.120. The van der Waals surface area contributed by atoms with Gasteiger partial charge >= 0.3 is 0 Å². The summed E-state index contributed by atoms with van der Waals surface area (Å²) >= 11 is 0. The van der Waals surface area contributed by atoms with Gasteiger partial charge in [0.15, 0.2) is 0 Å². The standard InChI is InChI=1S/C12H25NO2/c1-3-15-9-8-13(2)10-11-6-4-5-7-12(11)14/h11-12,14H,3-10H2,1-2H3. The third-order valence-electron chi connectivity index (χ3n) is 3.24. The molecule has 0 heterocycles. The van der Waals surface area contributed by atoms with E-state index in [-0.39, 0.29) is 6.10 Å². The number of nitrogens with zero attached hydrogens (tertiary/aromatic N) is 1. The third-order valence-corrected chi connectivity index (χ3v) is 3.24. The zero-order valence-corrected chi connectivity index (χ0v) is 10.1. The minimum atomic E-state index is -0.0757. The van der Waals surface area contributed by atoms with Crippen molar-refractivity contribution < 1.29 is 9.84 Å². The van der Waals surface area contributed by atoms with Crippen molar-refractivity contribution in [2.24, 2.45) is 5.92 Å². The first kappa shape index (κ1) is 12.9. The molecule has 0 amide bonds. The monoisotopic (exact) mass is 215 g/mol. The highest BCUT2D eigenvalue weighted by Crippen LogP contribution is 2.24. The van der Waals surface area contributed by atoms with Crippen LogP contribution in [0.2, 0.25) is 0 Å². The highest BCUT2D eigenvalue weighted by molar-refractivity contribution is 4.76. The van der Waals surface area contributed by atoms with Crippen LogP contribution in [0.25, 0.3) is 0 Å². The summed E-state index contributed by atoms with van der Waals surface area (Å²) < 4.78 is 5.32. The second-order valence-corrected chi connectivity index (χ2v) is 4.57. The van der Waals surface area contributed by atoms with E-state index in [0.717, 1.165) is 32.7 Å². The van der Waals surface area contributed by atoms with E-state index in [1.54, 1.807) is 0 Å². The predicted molar refractivity (Wildman–Crippen MR) is 62.0 cm³/mol. The molecular weight excluding hydrogens is 190 g/mol. The summed E-state index contributed by atoms with van der Waals surface area (Å²) in [5.74, 6) is 0.477. The van der Waals surface area contributed by atoms with Crippen LogP contribution in [0.5, 0.6) is 0 Å². The van der Waals surface area contributed by atoms with Gasteiger partial charge in [-0.2, -0.15) is 0 Å². The minimum absolute atomic E-state index is 0.0757. The molecule has 0 aromatic rings. The average molecular weight is 215 g/mol. The molecule has 2 atom stereocenters. The fraction of sp³-hybridized carbons (Fsp3) is 1.00. The maximum Gasteiger partial charge on any atom is 0.0593 e. The van der Waals surface area contributed by atoms with Gasteiger partial charge in [0.1, 0.15) is 0 Å². The van der Waals surface area contributed by atoms with Crippen molar-refractivity contribution >= 4 is 0 Å². The van der Waals surface area contributed by atoms with E-state index in [4.69, 9.17) is 4.74 Å². The molecule has 0 spiro atoms. The Morgan fingerprint density at radius 2 is 2.07 bits per heavy atom. The molecule has 90 valence electrons. The fourth-order valence-corrected chi connectivity index (χ4v) is 2.26. The number of likely N-dealkylation sites (N-methyl/N-ethyl adjacent to an activating group) is 1. The van der Waals surface area contributed by atoms with Gasteiger partial charge in [-0.05, 0) is 32.7 Å². The number of ether oxygens (including phenoxy) is 1. The molecule has 1 aliphatic carbocycles. The zero-order valence-electron chi connectivity index (χ0n) is 10.1. The molecule has 15 heavy (non-hydrogen) atoms. The van der Waals surface area contributed by atoms with Crippen LogP contribution in [0.4, 0.5) is 0 Å². The molecule has 1 rings (SSSR count). The number of aliphatic hydroxyl groups is 1. The van der Waals surface area contributed by atoms with Crippen molar-refractivity contribution in [2.75, 3.05) is 33.4 Å². The van der Waals surface area contributed by atoms with Crippen molar-refractivity contribution in [3.8, 4) is 0 Å². The summed E-state index contributed by atoms with van der Waals surface area (Å²) in [5.41, 5.74) is 0. The van der Waals surface area contributed by atoms with Gasteiger partial charge in [0, 0.05) is 19.7 Å². The van der Waals surface area contributed by atoms with Crippen LogP contribution in [0, 0.1) is 5.92 Å². The largest absolute Gasteiger partial charge is 0.393 e. The minimum Gasteiger partial charge on any atom is -0.393 e. The smallest absolute Gasteiger partial charge is 0.0593 e. The number of aliphatic hydroxyl groups excluding tert-OH is 1. The molecule has 0 saturated heterocycles. The van der Waals surface area contributed by atoms with Crippen LogP contribution >= 0.6 is 0 Å². The second kappa shape index (κ2) is 7.20. The Labute approximate surface area is 93.4 Å². The van der Waals surface area contributed by atoms with Crippen LogP contribution < -0.4 is 0 Å². The van der Waals surface area contributed by atoms with Crippen LogP contribution in [0.15, 0.2) is 0 Å². The van der Waals surface area contributed by atoms with E-state index in [2.05, 4.69) is 11.9 Å². The topological polar surface area (TPSA) is 32.7 Å². The van der Waals surface area contributed by atoms with Crippen molar-refractivity contribution in [3.05, 3.63) is 0 Å². The van der Waals surface area contributed by atoms with Crippen molar-refractivity contribution in [1.82, 2.24) is 4.90 Å². The maximum atomic E-state index is 9.83. The van der Waals surface area contributed by atoms with Gasteiger partial charge in [0.25, 0.3) is 0 Å². The lowest BCUT2D eigenvalue weighted by molar-refractivity contribution is 0.0437. The maximum absolute atomic E-state index is 9.83. The van der Waals surface area contributed by atoms with Crippen LogP contribution in [0.1, 0.15) is 32.6 Å². The molecule has 0 radical (unpaired) electrons. The van der Waals surface area contributed by atoms with E-state index in [1.165, 1.54) is 19.3 Å². The van der Waals surface area contributed by atoms with E-state index in [9.17, 15) is 5.11 Å². The highest BCUT2D eigenvalue weighted by Gasteiger charge is 2.23. The van der Waals surface area contributed by atoms with Crippen molar-refractivity contribution in [3.63, 3.8) is 0 Å². The molecule has 2 unspecified atom stereocenters. The lowest BCUT2D eigenvalue weighted by Gasteiger charge is -2.31. The van der Waals surface area contributed by atoms with Gasteiger partial charge in [0.2, 0.25) is 0 Å². The van der Waals surface area contributed by atoms with Crippen LogP contribution in [0.3, 0.4) is 0 Å². The molecule has 1 fully saturated rings. The van der Waals surface area contributed by atoms with Crippen molar-refractivity contribution in [2.45, 2.75) is 38.7 Å². The Balaban J connectivity index is 2.15. The number of hydrogen-bond donors (Lipinski definition) is 1. The van der Waals surface area contributed by atoms with E-state index in [1.807, 2.05) is 6.92 Å². The molecule has 1 N–H and O–H groups in total. The Bertz CT molecular complexity index is 164. The third kappa shape index (κ3) is 4.96. The normalized spacial score (nSPS) is 27.2. The summed E-state index contributed by atoms with van der Waals surface area (Å²) in [6.07, 6.45) is 4.57. The van der Waals surface area contributed by atoms with Gasteiger partial charge < -0.3 is 14.7 Å². The summed E-state index contributed by atoms with van der Waals surface area (Å²) in [7, 11) is 2.11. The fourth-order valence-electron chi connectivity index (χ4n) is 2.26. The van der Waals surface area contributed by atoms with Crippen LogP contribution in [-0.2, 0) is 4.74 Å². The molecule has 1 aliphatic rings. The van der Waals surface area contributed by atoms with Crippen LogP contribution in [-0.4, -0.2) is 49.5 Å². The number of hydrogen-bond acceptors (Lipinski definition) is 3. The molecule has 0 bridgehead atoms. The number of rotatable bonds is 6. The Morgan fingerprint density at radius 3 is 2.73 bits per heavy atom. The van der Waals surface area contributed by atoms with E-state index >= 15 is 0 Å². The molecule has 3 heteroatoms. The SMILES string of the molecule is CCOCCN(C)CC1CCCCC1O. The Kier molecular flexibility index (Phi) is 6.22. The van der Waals surface area contributed by atoms with Gasteiger partial charge in [-0.15, -0.1) is 0 Å². The van der Waals surface area contributed by atoms with Gasteiger partial charge in [-0.1, -0.05) is 12.8 Å². The van der Waals surface area contributed by atoms with Gasteiger partial charge in [-0.25, -0.2) is 0 Å². The van der Waals surface area contributed by atoms with Crippen molar-refractivity contribution in [1.29, 1.82) is 0 Å². The van der Waals surface area contributed by atoms with E-state index in [0.29, 0.717) is 5.92 Å². The summed E-state index contributed by atoms with van der Waals surface area (Å²) in [6.45, 7) is 5.59. The molecule has 0 aromatic carbocycles. The van der Waals surface area contributed by atoms with E-state index < -0.39 is 0 Å². The lowest BCUT2D eigenvalue weighted by Crippen LogP contribution is -2.36. The zero-order chi connectivity index (χ0) is 11.1. The quantitative estimate of drug-likeness (QED) is 0.682. The summed E-state index contributed by atoms with van der Waals surface area (Å²) in [4.78, 5) is 2.27. The first-order valence-corrected chi connectivity index (χ1v) is 6.18. The predicted octanol–water partition coefficient (Wildman–Crippen LogP) is 1.51. The summed E-state index contributed by atoms with van der Waals surface area (Å²) in [5, 5.41) is 9.83. The first-order chi connectivity index (χ1) is 7.24. The Morgan fingerprint density at radius 1 is 1.33 bits per heavy atom. The molecule has 1 saturated carbocycles. The second-order valence-electron chi connectivity index (χ2n) is 4.57. The molecule has 0 aromatic heterocycles. The molecule has 0 aliphatic heterocycles. The lowest BCUT2D eigenvalue weighted by atomic mass is 9.86. The first-order valence-electron chi connectivity index (χ1n) is 6.18. The van der Waals surface area contributed by atoms with Gasteiger partial charge in [-0.3, -0.25) is 0 Å². The average Bonchev–Trinajstić information content (AvgIpc) is 2.22. The molecule has 3 nitrogen and oxygen atoms in total. The molecular formula is C12H25NO2. The van der Waals surface area contributed by atoms with Gasteiger partial charge in [0.05, 0.1) is 12.7 Å².